The average molecular weight is 409 g/mol. The summed E-state index contributed by atoms with van der Waals surface area (Å²) in [6, 6.07) is 18.7. The molecule has 154 valence electrons. The molecule has 0 aliphatic carbocycles. The number of carbonyl (C=O) groups is 2. The summed E-state index contributed by atoms with van der Waals surface area (Å²) in [5, 5.41) is 8.13. The zero-order valence-corrected chi connectivity index (χ0v) is 16.1. The molecule has 0 saturated carbocycles. The first kappa shape index (κ1) is 21.0. The van der Waals surface area contributed by atoms with E-state index in [9.17, 15) is 18.4 Å². The van der Waals surface area contributed by atoms with Gasteiger partial charge in [0.05, 0.1) is 5.56 Å². The van der Waals surface area contributed by atoms with Crippen LogP contribution in [-0.4, -0.2) is 11.9 Å². The monoisotopic (exact) mass is 409 g/mol. The van der Waals surface area contributed by atoms with Crippen LogP contribution in [0.5, 0.6) is 0 Å². The average Bonchev–Trinajstić information content (AvgIpc) is 2.76. The Kier molecular flexibility index (Phi) is 7.10. The van der Waals surface area contributed by atoms with Gasteiger partial charge in [0.2, 0.25) is 0 Å². The normalized spacial score (nSPS) is 10.3. The van der Waals surface area contributed by atoms with Crippen LogP contribution in [0.4, 0.5) is 13.6 Å². The molecule has 5 nitrogen and oxygen atoms in total. The molecule has 30 heavy (non-hydrogen) atoms. The third kappa shape index (κ3) is 6.13. The van der Waals surface area contributed by atoms with E-state index in [0.29, 0.717) is 6.54 Å². The van der Waals surface area contributed by atoms with Crippen molar-refractivity contribution in [1.82, 2.24) is 16.0 Å². The lowest BCUT2D eigenvalue weighted by Gasteiger charge is -2.10. The lowest BCUT2D eigenvalue weighted by molar-refractivity contribution is 0.0947. The number of carbonyl (C=O) groups excluding carboxylic acids is 2. The highest BCUT2D eigenvalue weighted by Gasteiger charge is 2.10. The van der Waals surface area contributed by atoms with Gasteiger partial charge in [-0.25, -0.2) is 13.6 Å². The van der Waals surface area contributed by atoms with Crippen LogP contribution in [0.25, 0.3) is 0 Å². The highest BCUT2D eigenvalue weighted by molar-refractivity contribution is 5.94. The molecule has 0 aromatic heterocycles. The molecule has 0 radical (unpaired) electrons. The molecule has 0 atom stereocenters. The summed E-state index contributed by atoms with van der Waals surface area (Å²) in [5.74, 6) is -1.38. The number of nitrogens with one attached hydrogen (secondary N) is 3. The number of hydrogen-bond acceptors (Lipinski definition) is 2. The molecule has 0 saturated heterocycles. The first-order valence-corrected chi connectivity index (χ1v) is 9.38. The SMILES string of the molecule is O=C(NCc1ccc(F)cc1)NCc1cccc(CNC(=O)c2ccccc2F)c1. The molecule has 0 bridgehead atoms. The number of rotatable bonds is 7. The zero-order valence-electron chi connectivity index (χ0n) is 16.1. The Morgan fingerprint density at radius 1 is 0.667 bits per heavy atom. The van der Waals surface area contributed by atoms with Crippen LogP contribution < -0.4 is 16.0 Å². The molecule has 0 unspecified atom stereocenters. The molecule has 0 fully saturated rings. The third-order valence-electron chi connectivity index (χ3n) is 4.38. The second kappa shape index (κ2) is 10.2. The van der Waals surface area contributed by atoms with Crippen molar-refractivity contribution in [2.45, 2.75) is 19.6 Å². The van der Waals surface area contributed by atoms with E-state index < -0.39 is 11.7 Å². The smallest absolute Gasteiger partial charge is 0.315 e. The van der Waals surface area contributed by atoms with Crippen molar-refractivity contribution < 1.29 is 18.4 Å². The van der Waals surface area contributed by atoms with E-state index in [4.69, 9.17) is 0 Å². The Bertz CT molecular complexity index is 1020. The lowest BCUT2D eigenvalue weighted by atomic mass is 10.1. The Balaban J connectivity index is 1.46. The van der Waals surface area contributed by atoms with Gasteiger partial charge in [-0.2, -0.15) is 0 Å². The highest BCUT2D eigenvalue weighted by atomic mass is 19.1. The fourth-order valence-electron chi connectivity index (χ4n) is 2.80. The number of amides is 3. The van der Waals surface area contributed by atoms with Gasteiger partial charge in [0, 0.05) is 19.6 Å². The Morgan fingerprint density at radius 2 is 1.27 bits per heavy atom. The minimum atomic E-state index is -0.570. The number of urea groups is 1. The van der Waals surface area contributed by atoms with Gasteiger partial charge in [-0.15, -0.1) is 0 Å². The van der Waals surface area contributed by atoms with Gasteiger partial charge in [0.15, 0.2) is 0 Å². The van der Waals surface area contributed by atoms with Crippen LogP contribution in [0.3, 0.4) is 0 Å². The maximum Gasteiger partial charge on any atom is 0.315 e. The maximum absolute atomic E-state index is 13.7. The maximum atomic E-state index is 13.7. The predicted octanol–water partition coefficient (Wildman–Crippen LogP) is 3.89. The summed E-state index contributed by atoms with van der Waals surface area (Å²) in [5.41, 5.74) is 2.46. The Labute approximate surface area is 173 Å². The molecule has 3 N–H and O–H groups in total. The predicted molar refractivity (Wildman–Crippen MR) is 109 cm³/mol. The second-order valence-corrected chi connectivity index (χ2v) is 6.65. The van der Waals surface area contributed by atoms with Crippen molar-refractivity contribution in [3.8, 4) is 0 Å². The van der Waals surface area contributed by atoms with Gasteiger partial charge in [0.25, 0.3) is 5.91 Å². The summed E-state index contributed by atoms with van der Waals surface area (Å²) in [7, 11) is 0. The molecule has 3 aromatic rings. The van der Waals surface area contributed by atoms with Crippen molar-refractivity contribution in [3.05, 3.63) is 107 Å². The van der Waals surface area contributed by atoms with E-state index in [1.54, 1.807) is 18.2 Å². The van der Waals surface area contributed by atoms with E-state index in [0.717, 1.165) is 16.7 Å². The Morgan fingerprint density at radius 3 is 1.93 bits per heavy atom. The van der Waals surface area contributed by atoms with Gasteiger partial charge < -0.3 is 16.0 Å². The number of hydrogen-bond donors (Lipinski definition) is 3. The van der Waals surface area contributed by atoms with Crippen molar-refractivity contribution in [1.29, 1.82) is 0 Å². The molecule has 3 rings (SSSR count). The van der Waals surface area contributed by atoms with Crippen LogP contribution in [-0.2, 0) is 19.6 Å². The molecule has 3 aromatic carbocycles. The van der Waals surface area contributed by atoms with Gasteiger partial charge in [-0.3, -0.25) is 4.79 Å². The number of halogens is 2. The fraction of sp³-hybridized carbons (Fsp3) is 0.130. The van der Waals surface area contributed by atoms with Crippen molar-refractivity contribution in [2.24, 2.45) is 0 Å². The minimum absolute atomic E-state index is 0.00635. The minimum Gasteiger partial charge on any atom is -0.348 e. The van der Waals surface area contributed by atoms with Crippen LogP contribution >= 0.6 is 0 Å². The molecule has 0 aliphatic rings. The molecular formula is C23H21F2N3O2. The fourth-order valence-corrected chi connectivity index (χ4v) is 2.80. The summed E-state index contributed by atoms with van der Waals surface area (Å²) in [6.07, 6.45) is 0. The van der Waals surface area contributed by atoms with Crippen LogP contribution in [0.15, 0.2) is 72.8 Å². The Hall–Kier alpha value is -3.74. The van der Waals surface area contributed by atoms with Gasteiger partial charge >= 0.3 is 6.03 Å². The van der Waals surface area contributed by atoms with Crippen LogP contribution in [0.2, 0.25) is 0 Å². The van der Waals surface area contributed by atoms with Gasteiger partial charge in [0.1, 0.15) is 11.6 Å². The second-order valence-electron chi connectivity index (χ2n) is 6.65. The van der Waals surface area contributed by atoms with E-state index in [1.807, 2.05) is 24.3 Å². The topological polar surface area (TPSA) is 70.2 Å². The quantitative estimate of drug-likeness (QED) is 0.554. The van der Waals surface area contributed by atoms with E-state index in [2.05, 4.69) is 16.0 Å². The summed E-state index contributed by atoms with van der Waals surface area (Å²) in [6.45, 7) is 0.816. The summed E-state index contributed by atoms with van der Waals surface area (Å²) >= 11 is 0. The van der Waals surface area contributed by atoms with Crippen molar-refractivity contribution >= 4 is 11.9 Å². The first-order valence-electron chi connectivity index (χ1n) is 9.38. The summed E-state index contributed by atoms with van der Waals surface area (Å²) < 4.78 is 26.6. The summed E-state index contributed by atoms with van der Waals surface area (Å²) in [4.78, 5) is 24.1. The van der Waals surface area contributed by atoms with Crippen LogP contribution in [0.1, 0.15) is 27.0 Å². The van der Waals surface area contributed by atoms with Gasteiger partial charge in [-0.05, 0) is 41.0 Å². The standard InChI is InChI=1S/C23H21F2N3O2/c24-19-10-8-16(9-11-19)13-27-23(30)28-15-18-5-3-4-17(12-18)14-26-22(29)20-6-1-2-7-21(20)25/h1-12H,13-15H2,(H,26,29)(H2,27,28,30). The van der Waals surface area contributed by atoms with E-state index in [-0.39, 0.29) is 30.5 Å². The number of benzene rings is 3. The van der Waals surface area contributed by atoms with Crippen molar-refractivity contribution in [3.63, 3.8) is 0 Å². The largest absolute Gasteiger partial charge is 0.348 e. The molecular weight excluding hydrogens is 388 g/mol. The molecule has 0 heterocycles. The van der Waals surface area contributed by atoms with Crippen LogP contribution in [0, 0.1) is 11.6 Å². The molecule has 0 aliphatic heterocycles. The molecule has 3 amide bonds. The first-order chi connectivity index (χ1) is 14.5. The third-order valence-corrected chi connectivity index (χ3v) is 4.38. The molecule has 0 spiro atoms. The van der Waals surface area contributed by atoms with Gasteiger partial charge in [-0.1, -0.05) is 48.5 Å². The lowest BCUT2D eigenvalue weighted by Crippen LogP contribution is -2.34. The van der Waals surface area contributed by atoms with Crippen molar-refractivity contribution in [2.75, 3.05) is 0 Å². The van der Waals surface area contributed by atoms with E-state index in [1.165, 1.54) is 30.3 Å². The zero-order chi connectivity index (χ0) is 21.3. The highest BCUT2D eigenvalue weighted by Crippen LogP contribution is 2.08. The molecule has 7 heteroatoms. The van der Waals surface area contributed by atoms with E-state index >= 15 is 0 Å².